The number of hydrogen-bond donors (Lipinski definition) is 8. The lowest BCUT2D eigenvalue weighted by atomic mass is 10.0. The molecular weight excluding hydrogens is 472 g/mol. The number of aliphatic carboxylic acids is 1. The van der Waals surface area contributed by atoms with Crippen LogP contribution in [0.5, 0.6) is 0 Å². The van der Waals surface area contributed by atoms with E-state index in [-0.39, 0.29) is 31.6 Å². The summed E-state index contributed by atoms with van der Waals surface area (Å²) >= 11 is 0. The van der Waals surface area contributed by atoms with Crippen LogP contribution in [0.1, 0.15) is 51.6 Å². The maximum absolute atomic E-state index is 13.1. The lowest BCUT2D eigenvalue weighted by Crippen LogP contribution is -2.58. The number of nitrogens with one attached hydrogen (secondary N) is 4. The highest BCUT2D eigenvalue weighted by Crippen LogP contribution is 2.07. The molecule has 4 unspecified atom stereocenters. The molecule has 0 aliphatic rings. The van der Waals surface area contributed by atoms with Gasteiger partial charge in [0.25, 0.3) is 0 Å². The monoisotopic (exact) mass is 510 g/mol. The summed E-state index contributed by atoms with van der Waals surface area (Å²) in [5.41, 5.74) is 17.0. The molecule has 0 saturated heterocycles. The van der Waals surface area contributed by atoms with Crippen molar-refractivity contribution in [3.05, 3.63) is 18.2 Å². The van der Waals surface area contributed by atoms with Gasteiger partial charge in [0.05, 0.1) is 12.4 Å². The average molecular weight is 511 g/mol. The number of amides is 4. The first-order valence-corrected chi connectivity index (χ1v) is 11.8. The van der Waals surface area contributed by atoms with Crippen molar-refractivity contribution in [2.45, 2.75) is 76.5 Å². The van der Waals surface area contributed by atoms with Crippen LogP contribution >= 0.6 is 0 Å². The normalized spacial score (nSPS) is 14.4. The number of rotatable bonds is 17. The van der Waals surface area contributed by atoms with Crippen molar-refractivity contribution in [1.82, 2.24) is 25.9 Å². The highest BCUT2D eigenvalue weighted by molar-refractivity contribution is 5.94. The van der Waals surface area contributed by atoms with Crippen molar-refractivity contribution in [1.29, 1.82) is 0 Å². The number of aromatic nitrogens is 2. The Bertz CT molecular complexity index is 876. The fraction of sp³-hybridized carbons (Fsp3) is 0.636. The Hall–Kier alpha value is -3.52. The molecule has 0 aliphatic heterocycles. The second kappa shape index (κ2) is 15.5. The van der Waals surface area contributed by atoms with Gasteiger partial charge in [-0.05, 0) is 38.1 Å². The summed E-state index contributed by atoms with van der Waals surface area (Å²) in [5.74, 6) is -4.21. The van der Waals surface area contributed by atoms with Gasteiger partial charge in [0.15, 0.2) is 0 Å². The molecule has 14 nitrogen and oxygen atoms in total. The molecule has 1 heterocycles. The number of carboxylic acids is 1. The third kappa shape index (κ3) is 10.8. The van der Waals surface area contributed by atoms with Crippen LogP contribution in [0.3, 0.4) is 0 Å². The van der Waals surface area contributed by atoms with Crippen LogP contribution in [-0.2, 0) is 30.4 Å². The number of carbonyl (C=O) groups excluding carboxylic acids is 4. The number of H-pyrrole nitrogens is 1. The lowest BCUT2D eigenvalue weighted by Gasteiger charge is -2.25. The van der Waals surface area contributed by atoms with Crippen LogP contribution in [-0.4, -0.2) is 75.4 Å². The maximum atomic E-state index is 13.1. The van der Waals surface area contributed by atoms with E-state index in [0.29, 0.717) is 25.1 Å². The molecule has 0 fully saturated rings. The molecule has 1 aromatic heterocycles. The molecule has 4 amide bonds. The Balaban J connectivity index is 3.06. The van der Waals surface area contributed by atoms with E-state index in [4.69, 9.17) is 17.2 Å². The molecule has 0 saturated carbocycles. The predicted octanol–water partition coefficient (Wildman–Crippen LogP) is -2.13. The van der Waals surface area contributed by atoms with Crippen LogP contribution in [0.15, 0.2) is 12.5 Å². The number of carboxylic acid groups (broad SMARTS) is 1. The smallest absolute Gasteiger partial charge is 0.326 e. The molecule has 1 rings (SSSR count). The van der Waals surface area contributed by atoms with Crippen molar-refractivity contribution >= 4 is 29.6 Å². The minimum atomic E-state index is -1.22. The molecule has 11 N–H and O–H groups in total. The zero-order valence-corrected chi connectivity index (χ0v) is 20.7. The SMILES string of the molecule is CC(C)C(N)C(=O)NC(CCC(N)=O)C(=O)NC(Cc1cnc[nH]1)C(=O)NC(CCCCN)C(=O)O. The summed E-state index contributed by atoms with van der Waals surface area (Å²) < 4.78 is 0. The van der Waals surface area contributed by atoms with Gasteiger partial charge in [-0.2, -0.15) is 0 Å². The zero-order valence-electron chi connectivity index (χ0n) is 20.7. The van der Waals surface area contributed by atoms with Gasteiger partial charge in [0.2, 0.25) is 23.6 Å². The second-order valence-corrected chi connectivity index (χ2v) is 8.86. The fourth-order valence-corrected chi connectivity index (χ4v) is 3.25. The Labute approximate surface area is 209 Å². The number of primary amides is 1. The van der Waals surface area contributed by atoms with Crippen molar-refractivity contribution in [3.63, 3.8) is 0 Å². The Kier molecular flexibility index (Phi) is 13.1. The van der Waals surface area contributed by atoms with Crippen molar-refractivity contribution in [2.24, 2.45) is 23.1 Å². The molecule has 0 bridgehead atoms. The van der Waals surface area contributed by atoms with Crippen LogP contribution in [0.2, 0.25) is 0 Å². The van der Waals surface area contributed by atoms with Crippen molar-refractivity contribution in [2.75, 3.05) is 6.54 Å². The molecule has 202 valence electrons. The topological polar surface area (TPSA) is 248 Å². The van der Waals surface area contributed by atoms with Gasteiger partial charge in [-0.15, -0.1) is 0 Å². The fourth-order valence-electron chi connectivity index (χ4n) is 3.25. The molecule has 0 aliphatic carbocycles. The highest BCUT2D eigenvalue weighted by atomic mass is 16.4. The van der Waals surface area contributed by atoms with E-state index in [2.05, 4.69) is 25.9 Å². The van der Waals surface area contributed by atoms with Gasteiger partial charge in [0, 0.05) is 24.7 Å². The van der Waals surface area contributed by atoms with Gasteiger partial charge >= 0.3 is 5.97 Å². The standard InChI is InChI=1S/C22H38N8O6/c1-12(2)18(25)21(34)28-14(6-7-17(24)31)19(32)30-16(9-13-10-26-11-27-13)20(33)29-15(22(35)36)5-3-4-8-23/h10-12,14-16,18H,3-9,23,25H2,1-2H3,(H2,24,31)(H,26,27)(H,28,34)(H,29,33)(H,30,32)(H,35,36). The Morgan fingerprint density at radius 3 is 2.11 bits per heavy atom. The van der Waals surface area contributed by atoms with E-state index in [1.54, 1.807) is 13.8 Å². The van der Waals surface area contributed by atoms with Crippen LogP contribution in [0, 0.1) is 5.92 Å². The molecule has 0 aromatic carbocycles. The van der Waals surface area contributed by atoms with Gasteiger partial charge in [0.1, 0.15) is 18.1 Å². The molecule has 0 radical (unpaired) electrons. The molecular formula is C22H38N8O6. The first-order chi connectivity index (χ1) is 17.0. The van der Waals surface area contributed by atoms with Gasteiger partial charge in [-0.3, -0.25) is 19.2 Å². The van der Waals surface area contributed by atoms with Gasteiger partial charge in [-0.1, -0.05) is 13.8 Å². The first kappa shape index (κ1) is 30.5. The average Bonchev–Trinajstić information content (AvgIpc) is 3.32. The number of aromatic amines is 1. The first-order valence-electron chi connectivity index (χ1n) is 11.8. The number of carbonyl (C=O) groups is 5. The molecule has 1 aromatic rings. The lowest BCUT2D eigenvalue weighted by molar-refractivity contribution is -0.142. The van der Waals surface area contributed by atoms with Crippen LogP contribution in [0.25, 0.3) is 0 Å². The van der Waals surface area contributed by atoms with Crippen LogP contribution < -0.4 is 33.2 Å². The largest absolute Gasteiger partial charge is 0.480 e. The third-order valence-electron chi connectivity index (χ3n) is 5.51. The predicted molar refractivity (Wildman–Crippen MR) is 130 cm³/mol. The zero-order chi connectivity index (χ0) is 27.3. The summed E-state index contributed by atoms with van der Waals surface area (Å²) in [7, 11) is 0. The molecule has 36 heavy (non-hydrogen) atoms. The van der Waals surface area contributed by atoms with E-state index in [9.17, 15) is 29.1 Å². The van der Waals surface area contributed by atoms with Gasteiger partial charge < -0.3 is 43.2 Å². The minimum Gasteiger partial charge on any atom is -0.480 e. The minimum absolute atomic E-state index is 0.0330. The number of nitrogens with zero attached hydrogens (tertiary/aromatic N) is 1. The van der Waals surface area contributed by atoms with E-state index in [1.165, 1.54) is 12.5 Å². The van der Waals surface area contributed by atoms with Crippen molar-refractivity contribution in [3.8, 4) is 0 Å². The molecule has 4 atom stereocenters. The van der Waals surface area contributed by atoms with Crippen LogP contribution in [0.4, 0.5) is 0 Å². The summed E-state index contributed by atoms with van der Waals surface area (Å²) in [6.45, 7) is 3.86. The number of hydrogen-bond acceptors (Lipinski definition) is 8. The quantitative estimate of drug-likeness (QED) is 0.106. The highest BCUT2D eigenvalue weighted by Gasteiger charge is 2.31. The van der Waals surface area contributed by atoms with E-state index < -0.39 is 53.8 Å². The molecule has 0 spiro atoms. The number of imidazole rings is 1. The summed E-state index contributed by atoms with van der Waals surface area (Å²) in [5, 5.41) is 17.0. The second-order valence-electron chi connectivity index (χ2n) is 8.86. The summed E-state index contributed by atoms with van der Waals surface area (Å²) in [4.78, 5) is 68.2. The maximum Gasteiger partial charge on any atom is 0.326 e. The van der Waals surface area contributed by atoms with E-state index in [1.807, 2.05) is 0 Å². The van der Waals surface area contributed by atoms with E-state index in [0.717, 1.165) is 0 Å². The molecule has 14 heteroatoms. The summed E-state index contributed by atoms with van der Waals surface area (Å²) in [6.07, 6.45) is 3.74. The number of nitrogens with two attached hydrogens (primary N) is 3. The summed E-state index contributed by atoms with van der Waals surface area (Å²) in [6, 6.07) is -4.49. The van der Waals surface area contributed by atoms with E-state index >= 15 is 0 Å². The third-order valence-corrected chi connectivity index (χ3v) is 5.51. The Morgan fingerprint density at radius 2 is 1.58 bits per heavy atom. The Morgan fingerprint density at radius 1 is 0.972 bits per heavy atom. The number of unbranched alkanes of at least 4 members (excludes halogenated alkanes) is 1. The van der Waals surface area contributed by atoms with Gasteiger partial charge in [-0.25, -0.2) is 9.78 Å². The van der Waals surface area contributed by atoms with Crippen molar-refractivity contribution < 1.29 is 29.1 Å².